The second-order valence-electron chi connectivity index (χ2n) is 8.73. The highest BCUT2D eigenvalue weighted by molar-refractivity contribution is 5.75. The van der Waals surface area contributed by atoms with Crippen LogP contribution in [0, 0.1) is 22.7 Å². The molecule has 0 radical (unpaired) electrons. The number of fused-ring (bicyclic) bond motifs is 1. The van der Waals surface area contributed by atoms with Crippen LogP contribution in [-0.4, -0.2) is 33.0 Å². The molecule has 6 atom stereocenters. The maximum absolute atomic E-state index is 12.1. The van der Waals surface area contributed by atoms with Crippen LogP contribution in [0.25, 0.3) is 0 Å². The van der Waals surface area contributed by atoms with Crippen molar-refractivity contribution in [1.29, 1.82) is 0 Å². The van der Waals surface area contributed by atoms with Crippen molar-refractivity contribution in [1.82, 2.24) is 0 Å². The Labute approximate surface area is 149 Å². The van der Waals surface area contributed by atoms with Crippen molar-refractivity contribution in [3.05, 3.63) is 24.2 Å². The largest absolute Gasteiger partial charge is 0.481 e. The first-order chi connectivity index (χ1) is 11.6. The molecule has 2 saturated carbocycles. The number of aryl methyl sites for hydroxylation is 1. The molecule has 3 N–H and O–H groups in total. The van der Waals surface area contributed by atoms with E-state index >= 15 is 0 Å². The summed E-state index contributed by atoms with van der Waals surface area (Å²) in [4.78, 5) is 12.1. The monoisotopic (exact) mass is 350 g/mol. The molecule has 0 aliphatic heterocycles. The molecule has 0 amide bonds. The highest BCUT2D eigenvalue weighted by Gasteiger charge is 2.66. The van der Waals surface area contributed by atoms with Gasteiger partial charge in [-0.05, 0) is 56.6 Å². The number of carboxylic acids is 1. The summed E-state index contributed by atoms with van der Waals surface area (Å²) in [7, 11) is 0. The zero-order chi connectivity index (χ0) is 18.5. The van der Waals surface area contributed by atoms with Crippen molar-refractivity contribution in [3.63, 3.8) is 0 Å². The Morgan fingerprint density at radius 1 is 1.36 bits per heavy atom. The SMILES string of the molecule is C[C@H]1C[C@H](O)[C@H]2[C@](C)(C(=O)O)CCC[C@]2(C)[C@]1(O)CCc1ccoc1. The van der Waals surface area contributed by atoms with E-state index in [1.807, 2.05) is 19.9 Å². The molecule has 25 heavy (non-hydrogen) atoms. The summed E-state index contributed by atoms with van der Waals surface area (Å²) in [5.74, 6) is -1.40. The van der Waals surface area contributed by atoms with Gasteiger partial charge in [-0.15, -0.1) is 0 Å². The van der Waals surface area contributed by atoms with E-state index in [0.717, 1.165) is 18.4 Å². The predicted molar refractivity (Wildman–Crippen MR) is 93.0 cm³/mol. The molecule has 0 spiro atoms. The fraction of sp³-hybridized carbons (Fsp3) is 0.750. The molecule has 1 aromatic rings. The van der Waals surface area contributed by atoms with Gasteiger partial charge in [0.2, 0.25) is 0 Å². The van der Waals surface area contributed by atoms with Crippen molar-refractivity contribution in [3.8, 4) is 0 Å². The second-order valence-corrected chi connectivity index (χ2v) is 8.73. The Balaban J connectivity index is 1.98. The molecule has 1 heterocycles. The molecule has 140 valence electrons. The average Bonchev–Trinajstić information content (AvgIpc) is 3.04. The Hall–Kier alpha value is -1.33. The lowest BCUT2D eigenvalue weighted by Crippen LogP contribution is -2.68. The maximum atomic E-state index is 12.1. The lowest BCUT2D eigenvalue weighted by molar-refractivity contribution is -0.248. The summed E-state index contributed by atoms with van der Waals surface area (Å²) in [5.41, 5.74) is -1.61. The second kappa shape index (κ2) is 6.13. The molecule has 0 saturated heterocycles. The Morgan fingerprint density at radius 3 is 2.68 bits per heavy atom. The molecule has 0 aromatic carbocycles. The molecular formula is C20H30O5. The van der Waals surface area contributed by atoms with Crippen LogP contribution in [0.2, 0.25) is 0 Å². The summed E-state index contributed by atoms with van der Waals surface area (Å²) in [6, 6.07) is 1.90. The van der Waals surface area contributed by atoms with E-state index in [2.05, 4.69) is 0 Å². The summed E-state index contributed by atoms with van der Waals surface area (Å²) < 4.78 is 5.13. The first-order valence-corrected chi connectivity index (χ1v) is 9.30. The van der Waals surface area contributed by atoms with Crippen LogP contribution in [-0.2, 0) is 11.2 Å². The van der Waals surface area contributed by atoms with Gasteiger partial charge in [0.15, 0.2) is 0 Å². The van der Waals surface area contributed by atoms with E-state index in [1.165, 1.54) is 0 Å². The van der Waals surface area contributed by atoms with Gasteiger partial charge in [0, 0.05) is 11.3 Å². The third-order valence-electron chi connectivity index (χ3n) is 7.41. The number of aliphatic hydroxyl groups is 2. The first-order valence-electron chi connectivity index (χ1n) is 9.30. The molecule has 2 fully saturated rings. The number of hydrogen-bond donors (Lipinski definition) is 3. The first kappa shape index (κ1) is 18.5. The number of carbonyl (C=O) groups is 1. The molecular weight excluding hydrogens is 320 g/mol. The quantitative estimate of drug-likeness (QED) is 0.775. The number of hydrogen-bond acceptors (Lipinski definition) is 4. The van der Waals surface area contributed by atoms with Crippen LogP contribution in [0.4, 0.5) is 0 Å². The van der Waals surface area contributed by atoms with Crippen molar-refractivity contribution < 1.29 is 24.5 Å². The van der Waals surface area contributed by atoms with Gasteiger partial charge in [-0.3, -0.25) is 4.79 Å². The third-order valence-corrected chi connectivity index (χ3v) is 7.41. The molecule has 5 nitrogen and oxygen atoms in total. The van der Waals surface area contributed by atoms with Gasteiger partial charge in [0.05, 0.1) is 29.6 Å². The van der Waals surface area contributed by atoms with E-state index in [0.29, 0.717) is 25.7 Å². The van der Waals surface area contributed by atoms with Gasteiger partial charge in [0.1, 0.15) is 0 Å². The van der Waals surface area contributed by atoms with Crippen LogP contribution in [0.15, 0.2) is 23.0 Å². The lowest BCUT2D eigenvalue weighted by atomic mass is 9.43. The predicted octanol–water partition coefficient (Wildman–Crippen LogP) is 3.24. The van der Waals surface area contributed by atoms with Crippen molar-refractivity contribution in [2.45, 2.75) is 71.0 Å². The van der Waals surface area contributed by atoms with Crippen LogP contribution in [0.3, 0.4) is 0 Å². The van der Waals surface area contributed by atoms with E-state index in [4.69, 9.17) is 4.42 Å². The van der Waals surface area contributed by atoms with Crippen LogP contribution < -0.4 is 0 Å². The Kier molecular flexibility index (Phi) is 4.53. The normalized spacial score (nSPS) is 44.3. The van der Waals surface area contributed by atoms with E-state index in [9.17, 15) is 20.1 Å². The third kappa shape index (κ3) is 2.63. The van der Waals surface area contributed by atoms with Gasteiger partial charge in [-0.2, -0.15) is 0 Å². The van der Waals surface area contributed by atoms with Gasteiger partial charge in [-0.1, -0.05) is 20.3 Å². The minimum atomic E-state index is -1.01. The number of carboxylic acid groups (broad SMARTS) is 1. The van der Waals surface area contributed by atoms with Gasteiger partial charge < -0.3 is 19.7 Å². The molecule has 5 heteroatoms. The highest BCUT2D eigenvalue weighted by atomic mass is 16.4. The summed E-state index contributed by atoms with van der Waals surface area (Å²) >= 11 is 0. The molecule has 2 aliphatic rings. The zero-order valence-corrected chi connectivity index (χ0v) is 15.4. The highest BCUT2D eigenvalue weighted by Crippen LogP contribution is 2.63. The van der Waals surface area contributed by atoms with Crippen molar-refractivity contribution in [2.75, 3.05) is 0 Å². The number of rotatable bonds is 4. The Morgan fingerprint density at radius 2 is 2.08 bits per heavy atom. The lowest BCUT2D eigenvalue weighted by Gasteiger charge is -2.63. The number of furan rings is 1. The summed E-state index contributed by atoms with van der Waals surface area (Å²) in [6.07, 6.45) is 6.32. The number of aliphatic carboxylic acids is 1. The molecule has 0 unspecified atom stereocenters. The van der Waals surface area contributed by atoms with E-state index < -0.39 is 34.4 Å². The fourth-order valence-electron chi connectivity index (χ4n) is 5.97. The van der Waals surface area contributed by atoms with Crippen molar-refractivity contribution >= 4 is 5.97 Å². The minimum absolute atomic E-state index is 0.0909. The Bertz CT molecular complexity index is 626. The molecule has 2 aliphatic carbocycles. The van der Waals surface area contributed by atoms with E-state index in [1.54, 1.807) is 19.5 Å². The smallest absolute Gasteiger partial charge is 0.309 e. The zero-order valence-electron chi connectivity index (χ0n) is 15.4. The summed E-state index contributed by atoms with van der Waals surface area (Å²) in [5, 5.41) is 32.5. The van der Waals surface area contributed by atoms with Gasteiger partial charge in [-0.25, -0.2) is 0 Å². The standard InChI is InChI=1S/C20H30O5/c1-13-11-15(21)16-18(2,17(22)23)7-4-8-19(16,3)20(13,24)9-5-14-6-10-25-12-14/h6,10,12-13,15-16,21,24H,4-5,7-9,11H2,1-3H3,(H,22,23)/t13-,15-,16-,18+,19-,20-/m0/s1. The number of aliphatic hydroxyl groups excluding tert-OH is 1. The molecule has 0 bridgehead atoms. The van der Waals surface area contributed by atoms with Crippen LogP contribution in [0.1, 0.15) is 58.4 Å². The van der Waals surface area contributed by atoms with Crippen molar-refractivity contribution in [2.24, 2.45) is 22.7 Å². The maximum Gasteiger partial charge on any atom is 0.309 e. The van der Waals surface area contributed by atoms with Crippen LogP contribution in [0.5, 0.6) is 0 Å². The van der Waals surface area contributed by atoms with Crippen LogP contribution >= 0.6 is 0 Å². The fourth-order valence-corrected chi connectivity index (χ4v) is 5.97. The minimum Gasteiger partial charge on any atom is -0.481 e. The topological polar surface area (TPSA) is 90.9 Å². The van der Waals surface area contributed by atoms with Gasteiger partial charge in [0.25, 0.3) is 0 Å². The van der Waals surface area contributed by atoms with Gasteiger partial charge >= 0.3 is 5.97 Å². The average molecular weight is 350 g/mol. The summed E-state index contributed by atoms with van der Waals surface area (Å²) in [6.45, 7) is 5.71. The molecule has 1 aromatic heterocycles. The van der Waals surface area contributed by atoms with E-state index in [-0.39, 0.29) is 5.92 Å². The molecule has 3 rings (SSSR count).